The highest BCUT2D eigenvalue weighted by molar-refractivity contribution is 6.00. The van der Waals surface area contributed by atoms with E-state index in [-0.39, 0.29) is 5.91 Å². The van der Waals surface area contributed by atoms with Crippen LogP contribution in [-0.2, 0) is 4.79 Å². The number of nitrogens with one attached hydrogen (secondary N) is 2. The van der Waals surface area contributed by atoms with Gasteiger partial charge in [0.25, 0.3) is 0 Å². The van der Waals surface area contributed by atoms with Gasteiger partial charge in [0.2, 0.25) is 5.91 Å². The van der Waals surface area contributed by atoms with Crippen LogP contribution in [-0.4, -0.2) is 55.5 Å². The zero-order valence-electron chi connectivity index (χ0n) is 16.4. The Labute approximate surface area is 164 Å². The fourth-order valence-electron chi connectivity index (χ4n) is 5.02. The Morgan fingerprint density at radius 1 is 1.11 bits per heavy atom. The molecule has 1 saturated heterocycles. The molecule has 1 saturated carbocycles. The van der Waals surface area contributed by atoms with E-state index >= 15 is 0 Å². The van der Waals surface area contributed by atoms with E-state index in [1.807, 2.05) is 23.6 Å². The summed E-state index contributed by atoms with van der Waals surface area (Å²) in [5, 5.41) is 5.03. The first-order chi connectivity index (χ1) is 13.7. The number of aromatic nitrogens is 4. The number of fused-ring (bicyclic) bond motifs is 3. The maximum Gasteiger partial charge on any atom is 0.219 e. The molecule has 4 heterocycles. The molecule has 0 bridgehead atoms. The molecule has 2 aliphatic rings. The van der Waals surface area contributed by atoms with Gasteiger partial charge in [0.1, 0.15) is 11.2 Å². The van der Waals surface area contributed by atoms with Crippen molar-refractivity contribution in [2.24, 2.45) is 0 Å². The highest BCUT2D eigenvalue weighted by Crippen LogP contribution is 2.33. The summed E-state index contributed by atoms with van der Waals surface area (Å²) in [6.07, 6.45) is 12.7. The van der Waals surface area contributed by atoms with Gasteiger partial charge in [0, 0.05) is 49.7 Å². The van der Waals surface area contributed by atoms with Gasteiger partial charge in [-0.25, -0.2) is 9.97 Å². The molecule has 2 fully saturated rings. The number of hydrogen-bond donors (Lipinski definition) is 2. The highest BCUT2D eigenvalue weighted by atomic mass is 16.2. The van der Waals surface area contributed by atoms with Crippen LogP contribution in [0.25, 0.3) is 22.1 Å². The van der Waals surface area contributed by atoms with Crippen LogP contribution in [0.5, 0.6) is 0 Å². The average Bonchev–Trinajstić information content (AvgIpc) is 3.35. The van der Waals surface area contributed by atoms with Gasteiger partial charge in [0.05, 0.1) is 18.0 Å². The minimum atomic E-state index is 0.207. The fourth-order valence-corrected chi connectivity index (χ4v) is 5.02. The molecule has 5 rings (SSSR count). The molecule has 0 aromatic carbocycles. The van der Waals surface area contributed by atoms with Crippen molar-refractivity contribution in [1.82, 2.24) is 29.7 Å². The van der Waals surface area contributed by atoms with E-state index < -0.39 is 0 Å². The van der Waals surface area contributed by atoms with E-state index in [2.05, 4.69) is 30.9 Å². The van der Waals surface area contributed by atoms with E-state index in [0.29, 0.717) is 18.1 Å². The number of piperidine rings is 1. The molecule has 3 aromatic heterocycles. The van der Waals surface area contributed by atoms with Crippen molar-refractivity contribution < 1.29 is 4.79 Å². The number of nitrogens with zero attached hydrogens (tertiary/aromatic N) is 4. The highest BCUT2D eigenvalue weighted by Gasteiger charge is 2.27. The van der Waals surface area contributed by atoms with Crippen LogP contribution in [0.4, 0.5) is 0 Å². The summed E-state index contributed by atoms with van der Waals surface area (Å²) in [4.78, 5) is 25.7. The van der Waals surface area contributed by atoms with Gasteiger partial charge in [-0.05, 0) is 44.6 Å². The molecule has 1 aliphatic carbocycles. The Kier molecular flexibility index (Phi) is 4.55. The van der Waals surface area contributed by atoms with Crippen molar-refractivity contribution in [2.45, 2.75) is 63.6 Å². The van der Waals surface area contributed by atoms with E-state index in [0.717, 1.165) is 42.5 Å². The lowest BCUT2D eigenvalue weighted by molar-refractivity contribution is -0.129. The minimum Gasteiger partial charge on any atom is -0.346 e. The molecule has 0 radical (unpaired) electrons. The van der Waals surface area contributed by atoms with Crippen LogP contribution in [0, 0.1) is 0 Å². The van der Waals surface area contributed by atoms with Crippen molar-refractivity contribution in [1.29, 1.82) is 0 Å². The Balaban J connectivity index is 1.23. The largest absolute Gasteiger partial charge is 0.346 e. The van der Waals surface area contributed by atoms with E-state index in [1.165, 1.54) is 31.2 Å². The number of aromatic amines is 1. The van der Waals surface area contributed by atoms with Crippen LogP contribution in [0.3, 0.4) is 0 Å². The van der Waals surface area contributed by atoms with Gasteiger partial charge in [-0.3, -0.25) is 4.79 Å². The summed E-state index contributed by atoms with van der Waals surface area (Å²) in [5.41, 5.74) is 3.12. The Morgan fingerprint density at radius 2 is 1.86 bits per heavy atom. The lowest BCUT2D eigenvalue weighted by Crippen LogP contribution is -2.48. The molecule has 7 heteroatoms. The van der Waals surface area contributed by atoms with Crippen molar-refractivity contribution in [2.75, 3.05) is 13.1 Å². The number of amides is 1. The second-order valence-electron chi connectivity index (χ2n) is 8.34. The lowest BCUT2D eigenvalue weighted by Gasteiger charge is -2.36. The second-order valence-corrected chi connectivity index (χ2v) is 8.34. The van der Waals surface area contributed by atoms with Crippen LogP contribution >= 0.6 is 0 Å². The van der Waals surface area contributed by atoms with Crippen LogP contribution in [0.2, 0.25) is 0 Å². The molecule has 3 aromatic rings. The third-order valence-electron chi connectivity index (χ3n) is 6.62. The minimum absolute atomic E-state index is 0.207. The van der Waals surface area contributed by atoms with Crippen molar-refractivity contribution in [3.8, 4) is 0 Å². The quantitative estimate of drug-likeness (QED) is 0.732. The zero-order chi connectivity index (χ0) is 19.1. The standard InChI is InChI=1S/C21H28N6O/c1-14(28)26-10-7-16(8-11-26)25-15-2-4-17(5-3-15)27-13-24-19-12-23-21-18(20(19)27)6-9-22-21/h6,9,12-13,15-17,25H,2-5,7-8,10-11H2,1H3,(H,22,23)/t15-,17-. The van der Waals surface area contributed by atoms with Gasteiger partial charge in [-0.1, -0.05) is 0 Å². The topological polar surface area (TPSA) is 78.8 Å². The third kappa shape index (κ3) is 3.17. The molecule has 0 spiro atoms. The zero-order valence-corrected chi connectivity index (χ0v) is 16.4. The number of carbonyl (C=O) groups excluding carboxylic acids is 1. The Hall–Kier alpha value is -2.41. The summed E-state index contributed by atoms with van der Waals surface area (Å²) in [5.74, 6) is 0.207. The van der Waals surface area contributed by atoms with Crippen molar-refractivity contribution in [3.05, 3.63) is 24.8 Å². The van der Waals surface area contributed by atoms with E-state index in [1.54, 1.807) is 6.92 Å². The van der Waals surface area contributed by atoms with Crippen LogP contribution in [0.1, 0.15) is 51.5 Å². The monoisotopic (exact) mass is 380 g/mol. The predicted octanol–water partition coefficient (Wildman–Crippen LogP) is 3.00. The normalized spacial score (nSPS) is 24.2. The number of hydrogen-bond acceptors (Lipinski definition) is 4. The SMILES string of the molecule is CC(=O)N1CCC(N[C@H]2CC[C@H](n3cnc4cnc5[nH]ccc5c43)CC2)CC1. The van der Waals surface area contributed by atoms with Gasteiger partial charge in [-0.15, -0.1) is 0 Å². The predicted molar refractivity (Wildman–Crippen MR) is 109 cm³/mol. The summed E-state index contributed by atoms with van der Waals surface area (Å²) in [6.45, 7) is 3.46. The first-order valence-electron chi connectivity index (χ1n) is 10.5. The Morgan fingerprint density at radius 3 is 2.61 bits per heavy atom. The Bertz CT molecular complexity index is 975. The lowest BCUT2D eigenvalue weighted by atomic mass is 9.89. The molecule has 28 heavy (non-hydrogen) atoms. The summed E-state index contributed by atoms with van der Waals surface area (Å²) in [7, 11) is 0. The molecule has 1 amide bonds. The summed E-state index contributed by atoms with van der Waals surface area (Å²) >= 11 is 0. The molecule has 0 unspecified atom stereocenters. The molecule has 2 N–H and O–H groups in total. The first kappa shape index (κ1) is 17.7. The van der Waals surface area contributed by atoms with Crippen molar-refractivity contribution in [3.63, 3.8) is 0 Å². The van der Waals surface area contributed by atoms with Gasteiger partial charge in [-0.2, -0.15) is 0 Å². The molecule has 7 nitrogen and oxygen atoms in total. The first-order valence-corrected chi connectivity index (χ1v) is 10.5. The second kappa shape index (κ2) is 7.20. The molecular formula is C21H28N6O. The van der Waals surface area contributed by atoms with Gasteiger partial charge >= 0.3 is 0 Å². The maximum atomic E-state index is 11.5. The third-order valence-corrected chi connectivity index (χ3v) is 6.62. The smallest absolute Gasteiger partial charge is 0.219 e. The molecular weight excluding hydrogens is 352 g/mol. The number of H-pyrrole nitrogens is 1. The summed E-state index contributed by atoms with van der Waals surface area (Å²) in [6, 6.07) is 3.75. The maximum absolute atomic E-state index is 11.5. The van der Waals surface area contributed by atoms with Crippen LogP contribution in [0.15, 0.2) is 24.8 Å². The van der Waals surface area contributed by atoms with Crippen molar-refractivity contribution >= 4 is 28.0 Å². The number of pyridine rings is 1. The number of rotatable bonds is 3. The fraction of sp³-hybridized carbons (Fsp3) is 0.571. The number of imidazole rings is 1. The van der Waals surface area contributed by atoms with Gasteiger partial charge in [0.15, 0.2) is 0 Å². The molecule has 148 valence electrons. The molecule has 0 atom stereocenters. The van der Waals surface area contributed by atoms with Crippen LogP contribution < -0.4 is 5.32 Å². The summed E-state index contributed by atoms with van der Waals surface area (Å²) < 4.78 is 2.37. The molecule has 1 aliphatic heterocycles. The van der Waals surface area contributed by atoms with Gasteiger partial charge < -0.3 is 19.8 Å². The van der Waals surface area contributed by atoms with E-state index in [9.17, 15) is 4.79 Å². The van der Waals surface area contributed by atoms with E-state index in [4.69, 9.17) is 0 Å². The number of carbonyl (C=O) groups is 1. The average molecular weight is 380 g/mol. The number of likely N-dealkylation sites (tertiary alicyclic amines) is 1.